The number of hydrogen-bond donors (Lipinski definition) is 0. The normalized spacial score (nSPS) is 28.1. The molecule has 2 aliphatic rings. The van der Waals surface area contributed by atoms with E-state index in [1.807, 2.05) is 0 Å². The van der Waals surface area contributed by atoms with Crippen LogP contribution in [0.1, 0.15) is 38.5 Å². The number of nitrogens with zero attached hydrogens (tertiary/aromatic N) is 1. The molecule has 0 radical (unpaired) electrons. The first kappa shape index (κ1) is 14.0. The zero-order valence-corrected chi connectivity index (χ0v) is 12.3. The molecular weight excluding hydrogens is 277 g/mol. The summed E-state index contributed by atoms with van der Waals surface area (Å²) in [6.45, 7) is 0.526. The minimum absolute atomic E-state index is 0.0714. The quantitative estimate of drug-likeness (QED) is 0.841. The van der Waals surface area contributed by atoms with Crippen molar-refractivity contribution in [3.8, 4) is 0 Å². The van der Waals surface area contributed by atoms with Gasteiger partial charge in [-0.15, -0.1) is 0 Å². The Labute approximate surface area is 119 Å². The molecule has 110 valence electrons. The van der Waals surface area contributed by atoms with Crippen molar-refractivity contribution in [2.45, 2.75) is 49.5 Å². The van der Waals surface area contributed by atoms with Crippen LogP contribution in [0.3, 0.4) is 0 Å². The van der Waals surface area contributed by atoms with Gasteiger partial charge in [0.25, 0.3) is 0 Å². The first-order chi connectivity index (χ1) is 9.60. The van der Waals surface area contributed by atoms with Gasteiger partial charge in [-0.1, -0.05) is 25.0 Å². The van der Waals surface area contributed by atoms with Gasteiger partial charge in [0, 0.05) is 12.6 Å². The van der Waals surface area contributed by atoms with Gasteiger partial charge in [-0.3, -0.25) is 0 Å². The van der Waals surface area contributed by atoms with Crippen molar-refractivity contribution in [1.29, 1.82) is 0 Å². The molecule has 5 heteroatoms. The van der Waals surface area contributed by atoms with Crippen LogP contribution in [0.15, 0.2) is 29.2 Å². The van der Waals surface area contributed by atoms with Crippen molar-refractivity contribution in [3.63, 3.8) is 0 Å². The summed E-state index contributed by atoms with van der Waals surface area (Å²) in [6, 6.07) is 5.76. The minimum Gasteiger partial charge on any atom is -0.207 e. The van der Waals surface area contributed by atoms with Crippen LogP contribution in [0.5, 0.6) is 0 Å². The highest BCUT2D eigenvalue weighted by Crippen LogP contribution is 2.38. The van der Waals surface area contributed by atoms with Gasteiger partial charge in [-0.05, 0) is 43.7 Å². The fraction of sp³-hybridized carbons (Fsp3) is 0.600. The maximum absolute atomic E-state index is 13.9. The third kappa shape index (κ3) is 2.37. The van der Waals surface area contributed by atoms with Crippen LogP contribution in [-0.2, 0) is 10.0 Å². The topological polar surface area (TPSA) is 37.4 Å². The van der Waals surface area contributed by atoms with Gasteiger partial charge in [0.2, 0.25) is 10.0 Å². The van der Waals surface area contributed by atoms with Crippen LogP contribution in [0, 0.1) is 11.7 Å². The van der Waals surface area contributed by atoms with E-state index in [0.717, 1.165) is 32.1 Å². The van der Waals surface area contributed by atoms with Crippen LogP contribution >= 0.6 is 0 Å². The van der Waals surface area contributed by atoms with E-state index < -0.39 is 15.8 Å². The van der Waals surface area contributed by atoms with Crippen LogP contribution in [0.2, 0.25) is 0 Å². The summed E-state index contributed by atoms with van der Waals surface area (Å²) >= 11 is 0. The highest BCUT2D eigenvalue weighted by molar-refractivity contribution is 7.89. The fourth-order valence-corrected chi connectivity index (χ4v) is 5.48. The molecule has 1 aromatic carbocycles. The largest absolute Gasteiger partial charge is 0.246 e. The molecule has 1 saturated carbocycles. The Kier molecular flexibility index (Phi) is 3.82. The lowest BCUT2D eigenvalue weighted by atomic mass is 9.79. The van der Waals surface area contributed by atoms with E-state index in [9.17, 15) is 12.8 Å². The molecule has 1 saturated heterocycles. The molecule has 1 aliphatic carbocycles. The van der Waals surface area contributed by atoms with Gasteiger partial charge in [0.15, 0.2) is 0 Å². The molecule has 2 fully saturated rings. The molecule has 0 N–H and O–H groups in total. The van der Waals surface area contributed by atoms with Crippen molar-refractivity contribution in [1.82, 2.24) is 4.31 Å². The van der Waals surface area contributed by atoms with Crippen LogP contribution in [0.4, 0.5) is 4.39 Å². The summed E-state index contributed by atoms with van der Waals surface area (Å²) in [5.41, 5.74) is 0. The number of halogens is 1. The zero-order chi connectivity index (χ0) is 14.2. The molecule has 0 aromatic heterocycles. The van der Waals surface area contributed by atoms with Crippen LogP contribution in [-0.4, -0.2) is 25.3 Å². The van der Waals surface area contributed by atoms with Gasteiger partial charge in [-0.25, -0.2) is 12.8 Å². The molecule has 1 heterocycles. The number of sulfonamides is 1. The Bertz CT molecular complexity index is 585. The van der Waals surface area contributed by atoms with E-state index >= 15 is 0 Å². The predicted molar refractivity (Wildman–Crippen MR) is 75.3 cm³/mol. The molecule has 3 nitrogen and oxygen atoms in total. The number of benzene rings is 1. The molecule has 0 amide bonds. The number of rotatable bonds is 2. The van der Waals surface area contributed by atoms with E-state index in [1.165, 1.54) is 24.6 Å². The third-order valence-electron chi connectivity index (χ3n) is 4.62. The van der Waals surface area contributed by atoms with E-state index in [2.05, 4.69) is 0 Å². The monoisotopic (exact) mass is 297 g/mol. The summed E-state index contributed by atoms with van der Waals surface area (Å²) in [7, 11) is -3.70. The maximum Gasteiger partial charge on any atom is 0.246 e. The molecule has 20 heavy (non-hydrogen) atoms. The van der Waals surface area contributed by atoms with E-state index in [4.69, 9.17) is 0 Å². The Balaban J connectivity index is 1.96. The summed E-state index contributed by atoms with van der Waals surface area (Å²) < 4.78 is 40.9. The standard InChI is InChI=1S/C15H20FNO2S/c16-13-8-2-4-10-15(13)20(18,19)17-11-5-7-12-6-1-3-9-14(12)17/h2,4,8,10,12,14H,1,3,5-7,9,11H2/t12-,14+/m1/s1. The molecular formula is C15H20FNO2S. The van der Waals surface area contributed by atoms with Crippen molar-refractivity contribution in [3.05, 3.63) is 30.1 Å². The average molecular weight is 297 g/mol. The molecule has 0 unspecified atom stereocenters. The SMILES string of the molecule is O=S(=O)(c1ccccc1F)N1CCC[C@H]2CCCC[C@@H]21. The lowest BCUT2D eigenvalue weighted by Gasteiger charge is -2.43. The van der Waals surface area contributed by atoms with Crippen molar-refractivity contribution < 1.29 is 12.8 Å². The van der Waals surface area contributed by atoms with E-state index in [-0.39, 0.29) is 10.9 Å². The second-order valence-electron chi connectivity index (χ2n) is 5.80. The van der Waals surface area contributed by atoms with Crippen molar-refractivity contribution >= 4 is 10.0 Å². The van der Waals surface area contributed by atoms with E-state index in [0.29, 0.717) is 12.5 Å². The summed E-state index contributed by atoms with van der Waals surface area (Å²) in [5, 5.41) is 0. The maximum atomic E-state index is 13.9. The smallest absolute Gasteiger partial charge is 0.207 e. The molecule has 0 spiro atoms. The number of hydrogen-bond acceptors (Lipinski definition) is 2. The third-order valence-corrected chi connectivity index (χ3v) is 6.57. The highest BCUT2D eigenvalue weighted by Gasteiger charge is 2.40. The lowest BCUT2D eigenvalue weighted by molar-refractivity contribution is 0.129. The zero-order valence-electron chi connectivity index (χ0n) is 11.5. The first-order valence-corrected chi connectivity index (χ1v) is 8.81. The van der Waals surface area contributed by atoms with Crippen LogP contribution in [0.25, 0.3) is 0 Å². The average Bonchev–Trinajstić information content (AvgIpc) is 2.47. The highest BCUT2D eigenvalue weighted by atomic mass is 32.2. The molecule has 1 aromatic rings. The van der Waals surface area contributed by atoms with Crippen molar-refractivity contribution in [2.75, 3.05) is 6.54 Å². The first-order valence-electron chi connectivity index (χ1n) is 7.37. The summed E-state index contributed by atoms with van der Waals surface area (Å²) in [4.78, 5) is -0.175. The Morgan fingerprint density at radius 2 is 1.75 bits per heavy atom. The van der Waals surface area contributed by atoms with Gasteiger partial charge in [0.1, 0.15) is 10.7 Å². The van der Waals surface area contributed by atoms with Gasteiger partial charge >= 0.3 is 0 Å². The second kappa shape index (κ2) is 5.45. The van der Waals surface area contributed by atoms with Crippen LogP contribution < -0.4 is 0 Å². The van der Waals surface area contributed by atoms with Crippen molar-refractivity contribution in [2.24, 2.45) is 5.92 Å². The lowest BCUT2D eigenvalue weighted by Crippen LogP contribution is -2.49. The fourth-order valence-electron chi connectivity index (χ4n) is 3.66. The Morgan fingerprint density at radius 1 is 1.05 bits per heavy atom. The second-order valence-corrected chi connectivity index (χ2v) is 7.66. The van der Waals surface area contributed by atoms with E-state index in [1.54, 1.807) is 10.4 Å². The molecule has 3 rings (SSSR count). The number of fused-ring (bicyclic) bond motifs is 1. The summed E-state index contributed by atoms with van der Waals surface area (Å²) in [5.74, 6) is -0.190. The van der Waals surface area contributed by atoms with Gasteiger partial charge < -0.3 is 0 Å². The number of piperidine rings is 1. The molecule has 0 bridgehead atoms. The molecule has 2 atom stereocenters. The Hall–Kier alpha value is -0.940. The minimum atomic E-state index is -3.70. The predicted octanol–water partition coefficient (Wildman–Crippen LogP) is 3.17. The summed E-state index contributed by atoms with van der Waals surface area (Å²) in [6.07, 6.45) is 6.27. The Morgan fingerprint density at radius 3 is 2.55 bits per heavy atom. The van der Waals surface area contributed by atoms with Gasteiger partial charge in [0.05, 0.1) is 0 Å². The molecule has 1 aliphatic heterocycles. The van der Waals surface area contributed by atoms with Gasteiger partial charge in [-0.2, -0.15) is 4.31 Å².